The van der Waals surface area contributed by atoms with Gasteiger partial charge in [0.2, 0.25) is 0 Å². The van der Waals surface area contributed by atoms with E-state index in [-0.39, 0.29) is 0 Å². The zero-order valence-corrected chi connectivity index (χ0v) is 14.7. The molecule has 0 aliphatic heterocycles. The third-order valence-corrected chi connectivity index (χ3v) is 4.09. The molecule has 0 atom stereocenters. The van der Waals surface area contributed by atoms with E-state index in [9.17, 15) is 0 Å². The maximum Gasteiger partial charge on any atom is 0.161 e. The van der Waals surface area contributed by atoms with E-state index in [1.54, 1.807) is 12.1 Å². The van der Waals surface area contributed by atoms with Crippen LogP contribution in [0.2, 0.25) is 10.0 Å². The van der Waals surface area contributed by atoms with E-state index in [1.807, 2.05) is 31.2 Å². The van der Waals surface area contributed by atoms with Crippen LogP contribution in [0, 0.1) is 0 Å². The van der Waals surface area contributed by atoms with Crippen LogP contribution in [-0.4, -0.2) is 13.2 Å². The summed E-state index contributed by atoms with van der Waals surface area (Å²) in [5, 5.41) is 1.06. The molecular formula is C18H21Cl2NO2. The van der Waals surface area contributed by atoms with E-state index in [0.717, 1.165) is 29.9 Å². The summed E-state index contributed by atoms with van der Waals surface area (Å²) in [6.07, 6.45) is 1.89. The highest BCUT2D eigenvalue weighted by Gasteiger charge is 2.08. The van der Waals surface area contributed by atoms with Gasteiger partial charge in [0.15, 0.2) is 11.5 Å². The van der Waals surface area contributed by atoms with Gasteiger partial charge in [-0.15, -0.1) is 0 Å². The molecule has 23 heavy (non-hydrogen) atoms. The fourth-order valence-corrected chi connectivity index (χ4v) is 2.51. The highest BCUT2D eigenvalue weighted by molar-refractivity contribution is 6.42. The molecule has 2 aromatic rings. The van der Waals surface area contributed by atoms with E-state index in [2.05, 4.69) is 0 Å². The number of hydrogen-bond donors (Lipinski definition) is 1. The van der Waals surface area contributed by atoms with Gasteiger partial charge >= 0.3 is 0 Å². The van der Waals surface area contributed by atoms with Gasteiger partial charge < -0.3 is 15.2 Å². The Morgan fingerprint density at radius 1 is 0.913 bits per heavy atom. The molecule has 3 nitrogen and oxygen atoms in total. The fraction of sp³-hybridized carbons (Fsp3) is 0.333. The fourth-order valence-electron chi connectivity index (χ4n) is 2.19. The molecule has 0 fully saturated rings. The second kappa shape index (κ2) is 9.02. The second-order valence-corrected chi connectivity index (χ2v) is 5.96. The van der Waals surface area contributed by atoms with Crippen LogP contribution in [0.1, 0.15) is 24.5 Å². The Bertz CT molecular complexity index is 647. The quantitative estimate of drug-likeness (QED) is 0.736. The van der Waals surface area contributed by atoms with Crippen LogP contribution in [0.5, 0.6) is 11.5 Å². The molecule has 124 valence electrons. The average Bonchev–Trinajstić information content (AvgIpc) is 2.55. The second-order valence-electron chi connectivity index (χ2n) is 5.14. The highest BCUT2D eigenvalue weighted by atomic mass is 35.5. The van der Waals surface area contributed by atoms with Crippen molar-refractivity contribution in [1.82, 2.24) is 0 Å². The minimum absolute atomic E-state index is 0.402. The minimum atomic E-state index is 0.402. The number of nitrogens with two attached hydrogens (primary N) is 1. The summed E-state index contributed by atoms with van der Waals surface area (Å²) in [6, 6.07) is 11.5. The normalized spacial score (nSPS) is 10.6. The van der Waals surface area contributed by atoms with E-state index in [4.69, 9.17) is 38.4 Å². The lowest BCUT2D eigenvalue weighted by Crippen LogP contribution is -2.02. The number of halogens is 2. The highest BCUT2D eigenvalue weighted by Crippen LogP contribution is 2.30. The van der Waals surface area contributed by atoms with Crippen LogP contribution < -0.4 is 15.2 Å². The summed E-state index contributed by atoms with van der Waals surface area (Å²) in [5.74, 6) is 1.47. The zero-order valence-electron chi connectivity index (χ0n) is 13.1. The Morgan fingerprint density at radius 3 is 2.39 bits per heavy atom. The Balaban J connectivity index is 2.09. The number of hydrogen-bond acceptors (Lipinski definition) is 3. The van der Waals surface area contributed by atoms with Crippen LogP contribution >= 0.6 is 23.2 Å². The molecule has 0 aromatic heterocycles. The van der Waals surface area contributed by atoms with Crippen molar-refractivity contribution in [2.24, 2.45) is 5.73 Å². The first-order valence-electron chi connectivity index (χ1n) is 7.66. The molecule has 0 unspecified atom stereocenters. The van der Waals surface area contributed by atoms with Gasteiger partial charge in [0.25, 0.3) is 0 Å². The topological polar surface area (TPSA) is 44.5 Å². The Kier molecular flexibility index (Phi) is 7.03. The minimum Gasteiger partial charge on any atom is -0.490 e. The van der Waals surface area contributed by atoms with Crippen molar-refractivity contribution in [3.63, 3.8) is 0 Å². The largest absolute Gasteiger partial charge is 0.490 e. The first-order chi connectivity index (χ1) is 11.1. The lowest BCUT2D eigenvalue weighted by Gasteiger charge is -2.14. The van der Waals surface area contributed by atoms with Crippen molar-refractivity contribution in [2.45, 2.75) is 26.4 Å². The molecule has 0 saturated carbocycles. The summed E-state index contributed by atoms with van der Waals surface area (Å²) in [4.78, 5) is 0. The zero-order chi connectivity index (χ0) is 16.7. The summed E-state index contributed by atoms with van der Waals surface area (Å²) >= 11 is 11.9. The van der Waals surface area contributed by atoms with Gasteiger partial charge in [0.05, 0.1) is 16.7 Å². The van der Waals surface area contributed by atoms with Crippen molar-refractivity contribution >= 4 is 23.2 Å². The number of benzene rings is 2. The number of ether oxygens (including phenoxy) is 2. The molecule has 0 amide bonds. The molecule has 0 spiro atoms. The lowest BCUT2D eigenvalue weighted by molar-refractivity contribution is 0.269. The Labute approximate surface area is 147 Å². The number of rotatable bonds is 8. The molecule has 0 saturated heterocycles. The average molecular weight is 354 g/mol. The van der Waals surface area contributed by atoms with E-state index < -0.39 is 0 Å². The van der Waals surface area contributed by atoms with Gasteiger partial charge in [-0.05, 0) is 61.7 Å². The Morgan fingerprint density at radius 2 is 1.70 bits per heavy atom. The molecule has 0 radical (unpaired) electrons. The van der Waals surface area contributed by atoms with Crippen LogP contribution in [0.15, 0.2) is 36.4 Å². The van der Waals surface area contributed by atoms with Crippen LogP contribution in [0.25, 0.3) is 0 Å². The molecule has 2 aromatic carbocycles. The maximum absolute atomic E-state index is 6.02. The lowest BCUT2D eigenvalue weighted by atomic mass is 10.1. The van der Waals surface area contributed by atoms with E-state index >= 15 is 0 Å². The van der Waals surface area contributed by atoms with Gasteiger partial charge in [-0.25, -0.2) is 0 Å². The van der Waals surface area contributed by atoms with Crippen molar-refractivity contribution < 1.29 is 9.47 Å². The van der Waals surface area contributed by atoms with E-state index in [0.29, 0.717) is 29.8 Å². The monoisotopic (exact) mass is 353 g/mol. The molecule has 0 aliphatic carbocycles. The Hall–Kier alpha value is -1.42. The first kappa shape index (κ1) is 17.9. The van der Waals surface area contributed by atoms with Crippen LogP contribution in [0.3, 0.4) is 0 Å². The van der Waals surface area contributed by atoms with Gasteiger partial charge in [0, 0.05) is 0 Å². The molecule has 0 heterocycles. The van der Waals surface area contributed by atoms with Crippen molar-refractivity contribution in [1.29, 1.82) is 0 Å². The first-order valence-corrected chi connectivity index (χ1v) is 8.42. The third kappa shape index (κ3) is 5.31. The smallest absolute Gasteiger partial charge is 0.161 e. The SMILES string of the molecule is CCOc1cc(CCCN)ccc1OCc1ccc(Cl)c(Cl)c1. The van der Waals surface area contributed by atoms with Gasteiger partial charge in [-0.2, -0.15) is 0 Å². The van der Waals surface area contributed by atoms with Crippen LogP contribution in [0.4, 0.5) is 0 Å². The summed E-state index contributed by atoms with van der Waals surface area (Å²) in [5.41, 5.74) is 7.71. The number of aryl methyl sites for hydroxylation is 1. The van der Waals surface area contributed by atoms with Crippen molar-refractivity contribution in [3.8, 4) is 11.5 Å². The standard InChI is InChI=1S/C18H21Cl2NO2/c1-2-22-18-11-13(4-3-9-21)6-8-17(18)23-12-14-5-7-15(19)16(20)10-14/h5-8,10-11H,2-4,9,12,21H2,1H3. The maximum atomic E-state index is 6.02. The van der Waals surface area contributed by atoms with Crippen LogP contribution in [-0.2, 0) is 13.0 Å². The summed E-state index contributed by atoms with van der Waals surface area (Å²) in [7, 11) is 0. The van der Waals surface area contributed by atoms with E-state index in [1.165, 1.54) is 5.56 Å². The van der Waals surface area contributed by atoms with Gasteiger partial charge in [-0.3, -0.25) is 0 Å². The predicted molar refractivity (Wildman–Crippen MR) is 95.8 cm³/mol. The molecule has 2 rings (SSSR count). The molecule has 2 N–H and O–H groups in total. The predicted octanol–water partition coefficient (Wildman–Crippen LogP) is 4.86. The molecule has 0 bridgehead atoms. The third-order valence-electron chi connectivity index (χ3n) is 3.36. The van der Waals surface area contributed by atoms with Crippen molar-refractivity contribution in [2.75, 3.05) is 13.2 Å². The van der Waals surface area contributed by atoms with Gasteiger partial charge in [-0.1, -0.05) is 35.3 Å². The molecule has 0 aliphatic rings. The summed E-state index contributed by atoms with van der Waals surface area (Å²) in [6.45, 7) is 3.62. The molecular weight excluding hydrogens is 333 g/mol. The van der Waals surface area contributed by atoms with Gasteiger partial charge in [0.1, 0.15) is 6.61 Å². The summed E-state index contributed by atoms with van der Waals surface area (Å²) < 4.78 is 11.6. The molecule has 5 heteroatoms. The van der Waals surface area contributed by atoms with Crippen molar-refractivity contribution in [3.05, 3.63) is 57.6 Å².